The Labute approximate surface area is 162 Å². The molecule has 144 valence electrons. The number of likely N-dealkylation sites (N-methyl/N-ethyl adjacent to an activating group) is 1. The average Bonchev–Trinajstić information content (AvgIpc) is 2.70. The first-order valence-electron chi connectivity index (χ1n) is 9.60. The van der Waals surface area contributed by atoms with E-state index in [1.807, 2.05) is 11.0 Å². The summed E-state index contributed by atoms with van der Waals surface area (Å²) in [6, 6.07) is 19.1. The Kier molecular flexibility index (Phi) is 6.35. The molecule has 1 fully saturated rings. The molecule has 5 heteroatoms. The molecule has 1 aliphatic heterocycles. The Morgan fingerprint density at radius 2 is 1.63 bits per heavy atom. The molecule has 1 saturated heterocycles. The highest BCUT2D eigenvalue weighted by Crippen LogP contribution is 2.19. The van der Waals surface area contributed by atoms with Crippen LogP contribution in [0, 0.1) is 6.92 Å². The first-order valence-corrected chi connectivity index (χ1v) is 9.60. The SMILES string of the molecule is Cc1ccc(C(CNC(=O)N2CCN(c3ccccc3)CC2)N(C)C)cc1. The number of anilines is 1. The summed E-state index contributed by atoms with van der Waals surface area (Å²) in [7, 11) is 4.10. The minimum atomic E-state index is 0.0293. The fraction of sp³-hybridized carbons (Fsp3) is 0.409. The van der Waals surface area contributed by atoms with E-state index in [0.717, 1.165) is 26.2 Å². The molecule has 1 aliphatic rings. The van der Waals surface area contributed by atoms with Gasteiger partial charge in [-0.2, -0.15) is 0 Å². The van der Waals surface area contributed by atoms with Crippen LogP contribution in [-0.4, -0.2) is 62.7 Å². The van der Waals surface area contributed by atoms with Crippen LogP contribution in [0.2, 0.25) is 0 Å². The summed E-state index contributed by atoms with van der Waals surface area (Å²) in [6.45, 7) is 5.92. The van der Waals surface area contributed by atoms with E-state index in [1.165, 1.54) is 16.8 Å². The van der Waals surface area contributed by atoms with Crippen LogP contribution in [0.1, 0.15) is 17.2 Å². The number of nitrogens with zero attached hydrogens (tertiary/aromatic N) is 3. The zero-order valence-electron chi connectivity index (χ0n) is 16.6. The number of piperazine rings is 1. The minimum absolute atomic E-state index is 0.0293. The van der Waals surface area contributed by atoms with Crippen LogP contribution in [0.4, 0.5) is 10.5 Å². The van der Waals surface area contributed by atoms with Gasteiger partial charge in [-0.25, -0.2) is 4.79 Å². The Bertz CT molecular complexity index is 722. The summed E-state index contributed by atoms with van der Waals surface area (Å²) < 4.78 is 0. The lowest BCUT2D eigenvalue weighted by atomic mass is 10.0. The molecule has 1 N–H and O–H groups in total. The van der Waals surface area contributed by atoms with Gasteiger partial charge in [0.15, 0.2) is 0 Å². The molecule has 0 spiro atoms. The van der Waals surface area contributed by atoms with Crippen molar-refractivity contribution in [3.63, 3.8) is 0 Å². The Morgan fingerprint density at radius 3 is 2.22 bits per heavy atom. The topological polar surface area (TPSA) is 38.8 Å². The fourth-order valence-corrected chi connectivity index (χ4v) is 3.49. The van der Waals surface area contributed by atoms with Gasteiger partial charge in [-0.1, -0.05) is 48.0 Å². The number of urea groups is 1. The predicted octanol–water partition coefficient (Wildman–Crippen LogP) is 3.13. The third kappa shape index (κ3) is 5.01. The molecule has 0 bridgehead atoms. The first kappa shape index (κ1) is 19.2. The van der Waals surface area contributed by atoms with Crippen molar-refractivity contribution in [2.45, 2.75) is 13.0 Å². The number of benzene rings is 2. The standard InChI is InChI=1S/C22H30N4O/c1-18-9-11-19(12-10-18)21(24(2)3)17-23-22(27)26-15-13-25(14-16-26)20-7-5-4-6-8-20/h4-12,21H,13-17H2,1-3H3,(H,23,27). The molecule has 1 atom stereocenters. The molecule has 27 heavy (non-hydrogen) atoms. The lowest BCUT2D eigenvalue weighted by Crippen LogP contribution is -2.52. The second kappa shape index (κ2) is 8.91. The largest absolute Gasteiger partial charge is 0.368 e. The maximum atomic E-state index is 12.6. The molecule has 0 saturated carbocycles. The van der Waals surface area contributed by atoms with Gasteiger partial charge in [-0.3, -0.25) is 0 Å². The zero-order chi connectivity index (χ0) is 19.2. The predicted molar refractivity (Wildman–Crippen MR) is 111 cm³/mol. The number of amides is 2. The normalized spacial score (nSPS) is 15.7. The van der Waals surface area contributed by atoms with Crippen LogP contribution in [0.3, 0.4) is 0 Å². The Morgan fingerprint density at radius 1 is 1.00 bits per heavy atom. The van der Waals surface area contributed by atoms with Crippen molar-refractivity contribution in [2.24, 2.45) is 0 Å². The van der Waals surface area contributed by atoms with Crippen molar-refractivity contribution in [1.29, 1.82) is 0 Å². The second-order valence-corrected chi connectivity index (χ2v) is 7.39. The van der Waals surface area contributed by atoms with Crippen molar-refractivity contribution in [3.8, 4) is 0 Å². The minimum Gasteiger partial charge on any atom is -0.368 e. The molecule has 0 radical (unpaired) electrons. The van der Waals surface area contributed by atoms with E-state index in [-0.39, 0.29) is 12.1 Å². The Hall–Kier alpha value is -2.53. The maximum absolute atomic E-state index is 12.6. The van der Waals surface area contributed by atoms with E-state index in [4.69, 9.17) is 0 Å². The summed E-state index contributed by atoms with van der Waals surface area (Å²) in [5, 5.41) is 3.13. The molecule has 2 aromatic rings. The summed E-state index contributed by atoms with van der Waals surface area (Å²) in [4.78, 5) is 19.0. The molecule has 3 rings (SSSR count). The summed E-state index contributed by atoms with van der Waals surface area (Å²) >= 11 is 0. The maximum Gasteiger partial charge on any atom is 0.317 e. The monoisotopic (exact) mass is 366 g/mol. The van der Waals surface area contributed by atoms with Gasteiger partial charge in [-0.15, -0.1) is 0 Å². The van der Waals surface area contributed by atoms with Gasteiger partial charge in [-0.05, 0) is 38.7 Å². The molecule has 0 aromatic heterocycles. The molecule has 0 aliphatic carbocycles. The lowest BCUT2D eigenvalue weighted by molar-refractivity contribution is 0.189. The van der Waals surface area contributed by atoms with Crippen LogP contribution in [0.25, 0.3) is 0 Å². The van der Waals surface area contributed by atoms with E-state index in [1.54, 1.807) is 0 Å². The molecular formula is C22H30N4O. The summed E-state index contributed by atoms with van der Waals surface area (Å²) in [5.74, 6) is 0. The number of para-hydroxylation sites is 1. The number of hydrogen-bond acceptors (Lipinski definition) is 3. The van der Waals surface area contributed by atoms with E-state index >= 15 is 0 Å². The molecule has 2 amide bonds. The highest BCUT2D eigenvalue weighted by atomic mass is 16.2. The van der Waals surface area contributed by atoms with E-state index in [9.17, 15) is 4.79 Å². The highest BCUT2D eigenvalue weighted by molar-refractivity contribution is 5.74. The van der Waals surface area contributed by atoms with Gasteiger partial charge in [0, 0.05) is 38.4 Å². The van der Waals surface area contributed by atoms with Crippen LogP contribution in [0.5, 0.6) is 0 Å². The number of hydrogen-bond donors (Lipinski definition) is 1. The van der Waals surface area contributed by atoms with Crippen LogP contribution in [-0.2, 0) is 0 Å². The summed E-state index contributed by atoms with van der Waals surface area (Å²) in [5.41, 5.74) is 3.70. The van der Waals surface area contributed by atoms with Crippen molar-refractivity contribution >= 4 is 11.7 Å². The number of nitrogens with one attached hydrogen (secondary N) is 1. The van der Waals surface area contributed by atoms with Gasteiger partial charge in [0.05, 0.1) is 6.04 Å². The van der Waals surface area contributed by atoms with Crippen molar-refractivity contribution in [2.75, 3.05) is 51.7 Å². The smallest absolute Gasteiger partial charge is 0.317 e. The third-order valence-corrected chi connectivity index (χ3v) is 5.22. The number of aryl methyl sites for hydroxylation is 1. The second-order valence-electron chi connectivity index (χ2n) is 7.39. The lowest BCUT2D eigenvalue weighted by Gasteiger charge is -2.36. The van der Waals surface area contributed by atoms with E-state index < -0.39 is 0 Å². The zero-order valence-corrected chi connectivity index (χ0v) is 16.6. The molecule has 1 heterocycles. The van der Waals surface area contributed by atoms with Crippen molar-refractivity contribution in [1.82, 2.24) is 15.1 Å². The quantitative estimate of drug-likeness (QED) is 0.884. The number of rotatable bonds is 5. The van der Waals surface area contributed by atoms with E-state index in [0.29, 0.717) is 6.54 Å². The van der Waals surface area contributed by atoms with Gasteiger partial charge < -0.3 is 20.0 Å². The van der Waals surface area contributed by atoms with Crippen LogP contribution in [0.15, 0.2) is 54.6 Å². The van der Waals surface area contributed by atoms with Crippen molar-refractivity contribution in [3.05, 3.63) is 65.7 Å². The fourth-order valence-electron chi connectivity index (χ4n) is 3.49. The van der Waals surface area contributed by atoms with Gasteiger partial charge in [0.2, 0.25) is 0 Å². The van der Waals surface area contributed by atoms with Crippen LogP contribution < -0.4 is 10.2 Å². The van der Waals surface area contributed by atoms with Gasteiger partial charge in [0.1, 0.15) is 0 Å². The molecule has 2 aromatic carbocycles. The Balaban J connectivity index is 1.52. The summed E-state index contributed by atoms with van der Waals surface area (Å²) in [6.07, 6.45) is 0. The average molecular weight is 367 g/mol. The van der Waals surface area contributed by atoms with E-state index in [2.05, 4.69) is 84.7 Å². The van der Waals surface area contributed by atoms with Gasteiger partial charge >= 0.3 is 6.03 Å². The molecular weight excluding hydrogens is 336 g/mol. The molecule has 5 nitrogen and oxygen atoms in total. The van der Waals surface area contributed by atoms with Crippen molar-refractivity contribution < 1.29 is 4.79 Å². The van der Waals surface area contributed by atoms with Gasteiger partial charge in [0.25, 0.3) is 0 Å². The number of carbonyl (C=O) groups is 1. The van der Waals surface area contributed by atoms with Crippen LogP contribution >= 0.6 is 0 Å². The highest BCUT2D eigenvalue weighted by Gasteiger charge is 2.22. The first-order chi connectivity index (χ1) is 13.0. The third-order valence-electron chi connectivity index (χ3n) is 5.22. The number of carbonyl (C=O) groups excluding carboxylic acids is 1. The molecule has 1 unspecified atom stereocenters.